The molecule has 6 nitrogen and oxygen atoms in total. The number of para-hydroxylation sites is 2. The van der Waals surface area contributed by atoms with Gasteiger partial charge in [-0.15, -0.1) is 0 Å². The zero-order valence-corrected chi connectivity index (χ0v) is 20.8. The first-order valence-corrected chi connectivity index (χ1v) is 12.0. The molecule has 1 aromatic heterocycles. The van der Waals surface area contributed by atoms with Gasteiger partial charge in [0.15, 0.2) is 0 Å². The number of rotatable bonds is 10. The number of benzene rings is 3. The van der Waals surface area contributed by atoms with Gasteiger partial charge in [-0.2, -0.15) is 0 Å². The molecule has 0 fully saturated rings. The fraction of sp³-hybridized carbons (Fsp3) is 0.310. The largest absolute Gasteiger partial charge is 0.497 e. The zero-order valence-electron chi connectivity index (χ0n) is 20.8. The molecule has 0 aliphatic carbocycles. The molecule has 0 spiro atoms. The monoisotopic (exact) mass is 471 g/mol. The molecule has 1 atom stereocenters. The summed E-state index contributed by atoms with van der Waals surface area (Å²) in [7, 11) is 1.63. The molecule has 0 bridgehead atoms. The van der Waals surface area contributed by atoms with Crippen molar-refractivity contribution in [3.05, 3.63) is 89.7 Å². The maximum Gasteiger partial charge on any atom is 0.224 e. The van der Waals surface area contributed by atoms with Crippen molar-refractivity contribution in [2.24, 2.45) is 0 Å². The molecule has 0 saturated heterocycles. The number of fused-ring (bicyclic) bond motifs is 1. The van der Waals surface area contributed by atoms with E-state index in [-0.39, 0.29) is 11.9 Å². The van der Waals surface area contributed by atoms with Crippen LogP contribution in [0, 0.1) is 0 Å². The van der Waals surface area contributed by atoms with Gasteiger partial charge in [-0.1, -0.05) is 50.2 Å². The molecular weight excluding hydrogens is 438 g/mol. The van der Waals surface area contributed by atoms with Crippen LogP contribution >= 0.6 is 0 Å². The van der Waals surface area contributed by atoms with Gasteiger partial charge in [0.1, 0.15) is 23.9 Å². The third-order valence-corrected chi connectivity index (χ3v) is 6.10. The van der Waals surface area contributed by atoms with Crippen molar-refractivity contribution in [1.29, 1.82) is 0 Å². The number of imidazole rings is 1. The van der Waals surface area contributed by atoms with Gasteiger partial charge in [0, 0.05) is 0 Å². The first kappa shape index (κ1) is 24.3. The van der Waals surface area contributed by atoms with Crippen molar-refractivity contribution in [3.8, 4) is 11.5 Å². The molecule has 0 aliphatic rings. The van der Waals surface area contributed by atoms with Gasteiger partial charge in [0.2, 0.25) is 5.91 Å². The lowest BCUT2D eigenvalue weighted by Crippen LogP contribution is -2.30. The van der Waals surface area contributed by atoms with Crippen LogP contribution in [0.4, 0.5) is 0 Å². The normalized spacial score (nSPS) is 12.0. The maximum atomic E-state index is 12.7. The molecule has 6 heteroatoms. The Balaban J connectivity index is 1.44. The number of ether oxygens (including phenoxy) is 2. The average molecular weight is 472 g/mol. The van der Waals surface area contributed by atoms with Crippen molar-refractivity contribution in [2.45, 2.75) is 45.7 Å². The first-order chi connectivity index (χ1) is 16.9. The highest BCUT2D eigenvalue weighted by Gasteiger charge is 2.18. The molecule has 1 N–H and O–H groups in total. The molecule has 35 heavy (non-hydrogen) atoms. The number of nitrogens with zero attached hydrogens (tertiary/aromatic N) is 2. The van der Waals surface area contributed by atoms with Gasteiger partial charge in [-0.3, -0.25) is 4.79 Å². The van der Waals surface area contributed by atoms with E-state index < -0.39 is 0 Å². The summed E-state index contributed by atoms with van der Waals surface area (Å²) in [5.74, 6) is 2.87. The van der Waals surface area contributed by atoms with Crippen LogP contribution in [0.1, 0.15) is 49.7 Å². The molecule has 182 valence electrons. The number of carbonyl (C=O) groups excluding carboxylic acids is 1. The standard InChI is InChI=1S/C29H33N3O3/c1-20(2)23-11-15-25(16-12-23)35-18-17-32-27-8-6-5-7-26(27)31-29(32)21(3)30-28(33)19-22-9-13-24(34-4)14-10-22/h5-16,20-21H,17-19H2,1-4H3,(H,30,33). The van der Waals surface area contributed by atoms with E-state index >= 15 is 0 Å². The minimum absolute atomic E-state index is 0.0530. The Morgan fingerprint density at radius 2 is 1.63 bits per heavy atom. The predicted octanol–water partition coefficient (Wildman–Crippen LogP) is 5.67. The molecule has 3 aromatic carbocycles. The lowest BCUT2D eigenvalue weighted by atomic mass is 10.0. The summed E-state index contributed by atoms with van der Waals surface area (Å²) in [5, 5.41) is 3.11. The van der Waals surface area contributed by atoms with Gasteiger partial charge in [0.05, 0.1) is 37.2 Å². The van der Waals surface area contributed by atoms with E-state index in [0.29, 0.717) is 25.5 Å². The third-order valence-electron chi connectivity index (χ3n) is 6.10. The van der Waals surface area contributed by atoms with Gasteiger partial charge in [-0.05, 0) is 60.4 Å². The van der Waals surface area contributed by atoms with Crippen LogP contribution in [-0.4, -0.2) is 29.2 Å². The summed E-state index contributed by atoms with van der Waals surface area (Å²) < 4.78 is 13.4. The van der Waals surface area contributed by atoms with Crippen molar-refractivity contribution < 1.29 is 14.3 Å². The topological polar surface area (TPSA) is 65.4 Å². The molecule has 1 heterocycles. The fourth-order valence-electron chi connectivity index (χ4n) is 4.15. The van der Waals surface area contributed by atoms with Gasteiger partial charge < -0.3 is 19.4 Å². The smallest absolute Gasteiger partial charge is 0.224 e. The molecule has 0 radical (unpaired) electrons. The SMILES string of the molecule is COc1ccc(CC(=O)NC(C)c2nc3ccccc3n2CCOc2ccc(C(C)C)cc2)cc1. The number of carbonyl (C=O) groups is 1. The highest BCUT2D eigenvalue weighted by molar-refractivity contribution is 5.79. The Labute approximate surface area is 206 Å². The second-order valence-corrected chi connectivity index (χ2v) is 9.00. The van der Waals surface area contributed by atoms with E-state index in [1.54, 1.807) is 7.11 Å². The molecule has 0 aliphatic heterocycles. The first-order valence-electron chi connectivity index (χ1n) is 12.0. The number of nitrogens with one attached hydrogen (secondary N) is 1. The minimum atomic E-state index is -0.251. The number of aromatic nitrogens is 2. The summed E-state index contributed by atoms with van der Waals surface area (Å²) in [4.78, 5) is 17.6. The zero-order chi connectivity index (χ0) is 24.8. The number of hydrogen-bond donors (Lipinski definition) is 1. The Hall–Kier alpha value is -3.80. The van der Waals surface area contributed by atoms with Crippen LogP contribution in [0.5, 0.6) is 11.5 Å². The second-order valence-electron chi connectivity index (χ2n) is 9.00. The number of methoxy groups -OCH3 is 1. The van der Waals surface area contributed by atoms with Gasteiger partial charge in [0.25, 0.3) is 0 Å². The van der Waals surface area contributed by atoms with E-state index in [4.69, 9.17) is 14.5 Å². The Bertz CT molecular complexity index is 1260. The summed E-state index contributed by atoms with van der Waals surface area (Å²) in [6.45, 7) is 7.45. The summed E-state index contributed by atoms with van der Waals surface area (Å²) in [5.41, 5.74) is 4.15. The molecule has 1 unspecified atom stereocenters. The third kappa shape index (κ3) is 6.01. The summed E-state index contributed by atoms with van der Waals surface area (Å²) in [6.07, 6.45) is 0.296. The Kier molecular flexibility index (Phi) is 7.70. The lowest BCUT2D eigenvalue weighted by molar-refractivity contribution is -0.121. The molecular formula is C29H33N3O3. The van der Waals surface area contributed by atoms with E-state index in [0.717, 1.165) is 33.9 Å². The van der Waals surface area contributed by atoms with E-state index in [1.807, 2.05) is 61.5 Å². The van der Waals surface area contributed by atoms with Crippen LogP contribution in [0.15, 0.2) is 72.8 Å². The van der Waals surface area contributed by atoms with Crippen LogP contribution < -0.4 is 14.8 Å². The van der Waals surface area contributed by atoms with Crippen LogP contribution in [-0.2, 0) is 17.8 Å². The van der Waals surface area contributed by atoms with Gasteiger partial charge in [-0.25, -0.2) is 4.98 Å². The van der Waals surface area contributed by atoms with Crippen LogP contribution in [0.2, 0.25) is 0 Å². The highest BCUT2D eigenvalue weighted by atomic mass is 16.5. The summed E-state index contributed by atoms with van der Waals surface area (Å²) >= 11 is 0. The van der Waals surface area contributed by atoms with Crippen molar-refractivity contribution in [1.82, 2.24) is 14.9 Å². The van der Waals surface area contributed by atoms with E-state index in [9.17, 15) is 4.79 Å². The fourth-order valence-corrected chi connectivity index (χ4v) is 4.15. The maximum absolute atomic E-state index is 12.7. The van der Waals surface area contributed by atoms with Gasteiger partial charge >= 0.3 is 0 Å². The summed E-state index contributed by atoms with van der Waals surface area (Å²) in [6, 6.07) is 23.6. The quantitative estimate of drug-likeness (QED) is 0.324. The van der Waals surface area contributed by atoms with E-state index in [1.165, 1.54) is 5.56 Å². The van der Waals surface area contributed by atoms with Crippen LogP contribution in [0.25, 0.3) is 11.0 Å². The molecule has 1 amide bonds. The predicted molar refractivity (Wildman–Crippen MR) is 139 cm³/mol. The highest BCUT2D eigenvalue weighted by Crippen LogP contribution is 2.22. The Morgan fingerprint density at radius 3 is 2.31 bits per heavy atom. The van der Waals surface area contributed by atoms with Crippen molar-refractivity contribution in [2.75, 3.05) is 13.7 Å². The Morgan fingerprint density at radius 1 is 0.943 bits per heavy atom. The minimum Gasteiger partial charge on any atom is -0.497 e. The molecule has 4 rings (SSSR count). The van der Waals surface area contributed by atoms with Crippen LogP contribution in [0.3, 0.4) is 0 Å². The molecule has 0 saturated carbocycles. The van der Waals surface area contributed by atoms with E-state index in [2.05, 4.69) is 41.9 Å². The lowest BCUT2D eigenvalue weighted by Gasteiger charge is -2.17. The van der Waals surface area contributed by atoms with Crippen molar-refractivity contribution >= 4 is 16.9 Å². The second kappa shape index (κ2) is 11.1. The number of hydrogen-bond acceptors (Lipinski definition) is 4. The van der Waals surface area contributed by atoms with Crippen molar-refractivity contribution in [3.63, 3.8) is 0 Å². The molecule has 4 aromatic rings. The number of amides is 1. The average Bonchev–Trinajstić information content (AvgIpc) is 3.23.